The first-order chi connectivity index (χ1) is 11.6. The van der Waals surface area contributed by atoms with E-state index < -0.39 is 6.04 Å². The fourth-order valence-corrected chi connectivity index (χ4v) is 2.71. The third kappa shape index (κ3) is 3.23. The molecule has 0 bridgehead atoms. The average molecular weight is 325 g/mol. The second kappa shape index (κ2) is 6.72. The van der Waals surface area contributed by atoms with Crippen molar-refractivity contribution in [3.05, 3.63) is 65.2 Å². The summed E-state index contributed by atoms with van der Waals surface area (Å²) in [6, 6.07) is 13.6. The van der Waals surface area contributed by atoms with E-state index in [2.05, 4.69) is 16.2 Å². The Labute approximate surface area is 140 Å². The van der Waals surface area contributed by atoms with Gasteiger partial charge >= 0.3 is 0 Å². The lowest BCUT2D eigenvalue weighted by Gasteiger charge is -2.18. The Balaban J connectivity index is 1.79. The molecular formula is C18H19N3O3. The van der Waals surface area contributed by atoms with Crippen molar-refractivity contribution in [2.24, 2.45) is 0 Å². The summed E-state index contributed by atoms with van der Waals surface area (Å²) < 4.78 is 5.14. The van der Waals surface area contributed by atoms with Crippen LogP contribution in [0.25, 0.3) is 0 Å². The molecule has 0 spiro atoms. The van der Waals surface area contributed by atoms with Gasteiger partial charge in [-0.2, -0.15) is 0 Å². The van der Waals surface area contributed by atoms with Gasteiger partial charge in [-0.15, -0.1) is 0 Å². The Kier molecular flexibility index (Phi) is 4.48. The Hall–Kier alpha value is -2.86. The average Bonchev–Trinajstić information content (AvgIpc) is 2.96. The van der Waals surface area contributed by atoms with Crippen LogP contribution in [0.1, 0.15) is 27.5 Å². The highest BCUT2D eigenvalue weighted by Crippen LogP contribution is 2.23. The summed E-state index contributed by atoms with van der Waals surface area (Å²) >= 11 is 0. The summed E-state index contributed by atoms with van der Waals surface area (Å²) in [5, 5.41) is 2.80. The second-order valence-electron chi connectivity index (χ2n) is 5.71. The van der Waals surface area contributed by atoms with Crippen LogP contribution < -0.4 is 20.9 Å². The van der Waals surface area contributed by atoms with Gasteiger partial charge in [0.05, 0.1) is 13.2 Å². The molecule has 0 radical (unpaired) electrons. The molecule has 2 aromatic rings. The molecule has 3 N–H and O–H groups in total. The number of carbonyl (C=O) groups excluding carboxylic acids is 2. The van der Waals surface area contributed by atoms with Crippen molar-refractivity contribution in [3.8, 4) is 5.75 Å². The van der Waals surface area contributed by atoms with Gasteiger partial charge in [-0.3, -0.25) is 15.0 Å². The number of aryl methyl sites for hydroxylation is 1. The van der Waals surface area contributed by atoms with Crippen LogP contribution in [0.2, 0.25) is 0 Å². The summed E-state index contributed by atoms with van der Waals surface area (Å²) in [6.07, 6.45) is 0. The molecule has 0 saturated carbocycles. The maximum absolute atomic E-state index is 12.4. The van der Waals surface area contributed by atoms with Crippen molar-refractivity contribution >= 4 is 11.8 Å². The molecule has 6 nitrogen and oxygen atoms in total. The Bertz CT molecular complexity index is 758. The number of carbonyl (C=O) groups is 2. The largest absolute Gasteiger partial charge is 0.497 e. The van der Waals surface area contributed by atoms with Crippen molar-refractivity contribution in [2.45, 2.75) is 19.0 Å². The van der Waals surface area contributed by atoms with Gasteiger partial charge in [-0.25, -0.2) is 5.43 Å². The molecular weight excluding hydrogens is 306 g/mol. The molecule has 2 aromatic carbocycles. The molecule has 1 heterocycles. The van der Waals surface area contributed by atoms with Crippen molar-refractivity contribution in [2.75, 3.05) is 7.11 Å². The van der Waals surface area contributed by atoms with Crippen molar-refractivity contribution in [1.82, 2.24) is 16.2 Å². The fraction of sp³-hybridized carbons (Fsp3) is 0.222. The maximum Gasteiger partial charge on any atom is 0.258 e. The molecule has 6 heteroatoms. The SMILES string of the molecule is COc1ccc([C@@H]2NNC(=O)[C@H]2NC(=O)c2cccc(C)c2)cc1. The van der Waals surface area contributed by atoms with Gasteiger partial charge in [0.15, 0.2) is 0 Å². The summed E-state index contributed by atoms with van der Waals surface area (Å²) in [5.74, 6) is 0.189. The Morgan fingerprint density at radius 2 is 1.92 bits per heavy atom. The van der Waals surface area contributed by atoms with E-state index >= 15 is 0 Å². The molecule has 24 heavy (non-hydrogen) atoms. The standard InChI is InChI=1S/C18H19N3O3/c1-11-4-3-5-13(10-11)17(22)19-16-15(20-21-18(16)23)12-6-8-14(24-2)9-7-12/h3-10,15-16,20H,1-2H3,(H,19,22)(H,21,23)/t15-,16-/m0/s1. The quantitative estimate of drug-likeness (QED) is 0.795. The molecule has 124 valence electrons. The lowest BCUT2D eigenvalue weighted by molar-refractivity contribution is -0.121. The van der Waals surface area contributed by atoms with Gasteiger partial charge < -0.3 is 10.1 Å². The number of hydrogen-bond acceptors (Lipinski definition) is 4. The highest BCUT2D eigenvalue weighted by molar-refractivity contribution is 5.98. The van der Waals surface area contributed by atoms with E-state index in [0.29, 0.717) is 5.56 Å². The lowest BCUT2D eigenvalue weighted by Crippen LogP contribution is -2.42. The highest BCUT2D eigenvalue weighted by Gasteiger charge is 2.36. The smallest absolute Gasteiger partial charge is 0.258 e. The van der Waals surface area contributed by atoms with Crippen LogP contribution in [-0.2, 0) is 4.79 Å². The Morgan fingerprint density at radius 1 is 1.17 bits per heavy atom. The lowest BCUT2D eigenvalue weighted by atomic mass is 10.00. The van der Waals surface area contributed by atoms with Crippen LogP contribution in [0.5, 0.6) is 5.75 Å². The molecule has 3 rings (SSSR count). The first-order valence-electron chi connectivity index (χ1n) is 7.65. The van der Waals surface area contributed by atoms with Crippen LogP contribution in [0, 0.1) is 6.92 Å². The highest BCUT2D eigenvalue weighted by atomic mass is 16.5. The number of nitrogens with one attached hydrogen (secondary N) is 3. The van der Waals surface area contributed by atoms with Crippen molar-refractivity contribution < 1.29 is 14.3 Å². The topological polar surface area (TPSA) is 79.5 Å². The van der Waals surface area contributed by atoms with Crippen LogP contribution >= 0.6 is 0 Å². The maximum atomic E-state index is 12.4. The zero-order chi connectivity index (χ0) is 17.1. The molecule has 2 amide bonds. The summed E-state index contributed by atoms with van der Waals surface area (Å²) in [4.78, 5) is 24.5. The molecule has 2 atom stereocenters. The normalized spacial score (nSPS) is 19.7. The number of amides is 2. The fourth-order valence-electron chi connectivity index (χ4n) is 2.71. The van der Waals surface area contributed by atoms with Gasteiger partial charge in [0.2, 0.25) is 0 Å². The summed E-state index contributed by atoms with van der Waals surface area (Å²) in [5.41, 5.74) is 7.90. The minimum absolute atomic E-state index is 0.267. The van der Waals surface area contributed by atoms with Gasteiger partial charge in [0.1, 0.15) is 11.8 Å². The first-order valence-corrected chi connectivity index (χ1v) is 7.65. The van der Waals surface area contributed by atoms with E-state index in [1.165, 1.54) is 0 Å². The van der Waals surface area contributed by atoms with Crippen LogP contribution in [-0.4, -0.2) is 25.0 Å². The van der Waals surface area contributed by atoms with E-state index in [-0.39, 0.29) is 17.9 Å². The minimum atomic E-state index is -0.689. The molecule has 1 fully saturated rings. The van der Waals surface area contributed by atoms with Gasteiger partial charge in [-0.05, 0) is 36.8 Å². The minimum Gasteiger partial charge on any atom is -0.497 e. The van der Waals surface area contributed by atoms with E-state index in [1.54, 1.807) is 19.2 Å². The van der Waals surface area contributed by atoms with Crippen LogP contribution in [0.15, 0.2) is 48.5 Å². The van der Waals surface area contributed by atoms with E-state index in [0.717, 1.165) is 16.9 Å². The summed E-state index contributed by atoms with van der Waals surface area (Å²) in [6.45, 7) is 1.92. The molecule has 0 aromatic heterocycles. The van der Waals surface area contributed by atoms with E-state index in [1.807, 2.05) is 43.3 Å². The van der Waals surface area contributed by atoms with Crippen LogP contribution in [0.4, 0.5) is 0 Å². The van der Waals surface area contributed by atoms with Crippen LogP contribution in [0.3, 0.4) is 0 Å². The molecule has 1 aliphatic rings. The monoisotopic (exact) mass is 325 g/mol. The molecule has 1 aliphatic heterocycles. The first kappa shape index (κ1) is 16.0. The third-order valence-corrected chi connectivity index (χ3v) is 4.01. The Morgan fingerprint density at radius 3 is 2.58 bits per heavy atom. The van der Waals surface area contributed by atoms with Gasteiger partial charge in [-0.1, -0.05) is 29.8 Å². The van der Waals surface area contributed by atoms with E-state index in [9.17, 15) is 9.59 Å². The third-order valence-electron chi connectivity index (χ3n) is 4.01. The number of benzene rings is 2. The predicted molar refractivity (Wildman–Crippen MR) is 89.4 cm³/mol. The number of hydrazine groups is 1. The van der Waals surface area contributed by atoms with E-state index in [4.69, 9.17) is 4.74 Å². The zero-order valence-electron chi connectivity index (χ0n) is 13.5. The second-order valence-corrected chi connectivity index (χ2v) is 5.71. The van der Waals surface area contributed by atoms with Gasteiger partial charge in [0.25, 0.3) is 11.8 Å². The summed E-state index contributed by atoms with van der Waals surface area (Å²) in [7, 11) is 1.60. The molecule has 0 aliphatic carbocycles. The molecule has 0 unspecified atom stereocenters. The molecule has 1 saturated heterocycles. The zero-order valence-corrected chi connectivity index (χ0v) is 13.5. The predicted octanol–water partition coefficient (Wildman–Crippen LogP) is 1.48. The van der Waals surface area contributed by atoms with Gasteiger partial charge in [0, 0.05) is 5.56 Å². The van der Waals surface area contributed by atoms with Crippen molar-refractivity contribution in [3.63, 3.8) is 0 Å². The number of ether oxygens (including phenoxy) is 1. The van der Waals surface area contributed by atoms with Crippen molar-refractivity contribution in [1.29, 1.82) is 0 Å². The number of rotatable bonds is 4. The number of hydrogen-bond donors (Lipinski definition) is 3. The number of methoxy groups -OCH3 is 1.